The molecule has 1 aliphatic rings. The van der Waals surface area contributed by atoms with Crippen LogP contribution < -0.4 is 14.8 Å². The molecular weight excluding hydrogens is 378 g/mol. The first-order valence-corrected chi connectivity index (χ1v) is 11.0. The molecule has 1 heterocycles. The molecule has 0 radical (unpaired) electrons. The fourth-order valence-corrected chi connectivity index (χ4v) is 4.37. The van der Waals surface area contributed by atoms with Gasteiger partial charge < -0.3 is 14.8 Å². The van der Waals surface area contributed by atoms with Crippen LogP contribution in [0.15, 0.2) is 53.4 Å². The molecule has 1 N–H and O–H groups in total. The quantitative estimate of drug-likeness (QED) is 0.768. The summed E-state index contributed by atoms with van der Waals surface area (Å²) >= 11 is 0. The molecular formula is C21H25NO5S. The van der Waals surface area contributed by atoms with Crippen LogP contribution in [0.5, 0.6) is 11.5 Å². The largest absolute Gasteiger partial charge is 0.486 e. The summed E-state index contributed by atoms with van der Waals surface area (Å²) < 4.78 is 35.9. The summed E-state index contributed by atoms with van der Waals surface area (Å²) in [6, 6.07) is 13.5. The Labute approximate surface area is 165 Å². The number of ether oxygens (including phenoxy) is 2. The van der Waals surface area contributed by atoms with E-state index in [1.165, 1.54) is 0 Å². The van der Waals surface area contributed by atoms with Crippen molar-refractivity contribution >= 4 is 15.7 Å². The van der Waals surface area contributed by atoms with Crippen molar-refractivity contribution in [3.05, 3.63) is 54.1 Å². The Hall–Kier alpha value is -2.54. The van der Waals surface area contributed by atoms with E-state index in [0.717, 1.165) is 5.56 Å². The lowest BCUT2D eigenvalue weighted by Gasteiger charge is -2.25. The van der Waals surface area contributed by atoms with Crippen molar-refractivity contribution in [2.24, 2.45) is 5.92 Å². The zero-order valence-electron chi connectivity index (χ0n) is 16.1. The van der Waals surface area contributed by atoms with Gasteiger partial charge in [0, 0.05) is 6.42 Å². The lowest BCUT2D eigenvalue weighted by molar-refractivity contribution is -0.121. The SMILES string of the molecule is CC(C)[C@H](NC(=O)CCS(=O)(=O)c1ccccc1)c1ccc2c(c1)OCCO2. The molecule has 0 aliphatic carbocycles. The molecule has 7 heteroatoms. The van der Waals surface area contributed by atoms with Crippen LogP contribution in [-0.2, 0) is 14.6 Å². The number of nitrogens with one attached hydrogen (secondary N) is 1. The first kappa shape index (κ1) is 20.2. The fourth-order valence-electron chi connectivity index (χ4n) is 3.11. The minimum atomic E-state index is -3.49. The lowest BCUT2D eigenvalue weighted by Crippen LogP contribution is -2.33. The minimum Gasteiger partial charge on any atom is -0.486 e. The molecule has 150 valence electrons. The van der Waals surface area contributed by atoms with Gasteiger partial charge in [0.2, 0.25) is 5.91 Å². The maximum Gasteiger partial charge on any atom is 0.221 e. The summed E-state index contributed by atoms with van der Waals surface area (Å²) in [6.45, 7) is 5.02. The zero-order chi connectivity index (χ0) is 20.1. The number of carbonyl (C=O) groups excluding carboxylic acids is 1. The fraction of sp³-hybridized carbons (Fsp3) is 0.381. The van der Waals surface area contributed by atoms with Crippen LogP contribution >= 0.6 is 0 Å². The first-order valence-electron chi connectivity index (χ1n) is 9.33. The first-order chi connectivity index (χ1) is 13.4. The average Bonchev–Trinajstić information content (AvgIpc) is 2.70. The molecule has 0 saturated heterocycles. The summed E-state index contributed by atoms with van der Waals surface area (Å²) in [4.78, 5) is 12.7. The van der Waals surface area contributed by atoms with Crippen molar-refractivity contribution in [1.82, 2.24) is 5.32 Å². The number of benzene rings is 2. The van der Waals surface area contributed by atoms with Crippen LogP contribution in [0.25, 0.3) is 0 Å². The highest BCUT2D eigenvalue weighted by Gasteiger charge is 2.23. The van der Waals surface area contributed by atoms with E-state index >= 15 is 0 Å². The summed E-state index contributed by atoms with van der Waals surface area (Å²) in [6.07, 6.45) is -0.0923. The van der Waals surface area contributed by atoms with Crippen molar-refractivity contribution in [1.29, 1.82) is 0 Å². The van der Waals surface area contributed by atoms with Crippen molar-refractivity contribution in [2.75, 3.05) is 19.0 Å². The van der Waals surface area contributed by atoms with E-state index in [1.807, 2.05) is 32.0 Å². The van der Waals surface area contributed by atoms with Crippen molar-refractivity contribution in [3.8, 4) is 11.5 Å². The molecule has 1 amide bonds. The van der Waals surface area contributed by atoms with Gasteiger partial charge in [-0.3, -0.25) is 4.79 Å². The molecule has 0 aromatic heterocycles. The monoisotopic (exact) mass is 403 g/mol. The molecule has 0 fully saturated rings. The van der Waals surface area contributed by atoms with Crippen LogP contribution in [-0.4, -0.2) is 33.3 Å². The zero-order valence-corrected chi connectivity index (χ0v) is 16.9. The second-order valence-corrected chi connectivity index (χ2v) is 9.18. The van der Waals surface area contributed by atoms with Gasteiger partial charge in [0.05, 0.1) is 16.7 Å². The minimum absolute atomic E-state index is 0.0923. The summed E-state index contributed by atoms with van der Waals surface area (Å²) in [7, 11) is -3.49. The smallest absolute Gasteiger partial charge is 0.221 e. The second kappa shape index (κ2) is 8.65. The number of rotatable bonds is 7. The van der Waals surface area contributed by atoms with Gasteiger partial charge in [-0.05, 0) is 35.7 Å². The number of carbonyl (C=O) groups is 1. The van der Waals surface area contributed by atoms with Gasteiger partial charge in [-0.1, -0.05) is 38.1 Å². The van der Waals surface area contributed by atoms with Gasteiger partial charge in [-0.25, -0.2) is 8.42 Å². The van der Waals surface area contributed by atoms with E-state index in [1.54, 1.807) is 30.3 Å². The van der Waals surface area contributed by atoms with Crippen molar-refractivity contribution in [3.63, 3.8) is 0 Å². The standard InChI is InChI=1S/C21H25NO5S/c1-15(2)21(16-8-9-18-19(14-16)27-12-11-26-18)22-20(23)10-13-28(24,25)17-6-4-3-5-7-17/h3-9,14-15,21H,10-13H2,1-2H3,(H,22,23)/t21-/m0/s1. The molecule has 6 nitrogen and oxygen atoms in total. The third-order valence-electron chi connectivity index (χ3n) is 4.61. The van der Waals surface area contributed by atoms with Gasteiger partial charge in [0.15, 0.2) is 21.3 Å². The number of hydrogen-bond acceptors (Lipinski definition) is 5. The summed E-state index contributed by atoms with van der Waals surface area (Å²) in [5.41, 5.74) is 0.901. The molecule has 0 unspecified atom stereocenters. The third-order valence-corrected chi connectivity index (χ3v) is 6.34. The highest BCUT2D eigenvalue weighted by Crippen LogP contribution is 2.34. The van der Waals surface area contributed by atoms with Crippen LogP contribution in [0.2, 0.25) is 0 Å². The molecule has 1 atom stereocenters. The Kier molecular flexibility index (Phi) is 6.24. The predicted octanol–water partition coefficient (Wildman–Crippen LogP) is 3.14. The maximum absolute atomic E-state index is 12.5. The van der Waals surface area contributed by atoms with E-state index in [-0.39, 0.29) is 34.9 Å². The summed E-state index contributed by atoms with van der Waals surface area (Å²) in [5, 5.41) is 2.96. The lowest BCUT2D eigenvalue weighted by atomic mass is 9.95. The molecule has 3 rings (SSSR count). The number of sulfone groups is 1. The van der Waals surface area contributed by atoms with Gasteiger partial charge in [0.25, 0.3) is 0 Å². The molecule has 28 heavy (non-hydrogen) atoms. The van der Waals surface area contributed by atoms with Gasteiger partial charge in [-0.15, -0.1) is 0 Å². The van der Waals surface area contributed by atoms with Crippen molar-refractivity contribution in [2.45, 2.75) is 31.2 Å². The maximum atomic E-state index is 12.5. The molecule has 0 saturated carbocycles. The number of amides is 1. The second-order valence-electron chi connectivity index (χ2n) is 7.07. The molecule has 0 bridgehead atoms. The molecule has 1 aliphatic heterocycles. The van der Waals surface area contributed by atoms with E-state index < -0.39 is 9.84 Å². The highest BCUT2D eigenvalue weighted by atomic mass is 32.2. The van der Waals surface area contributed by atoms with E-state index in [2.05, 4.69) is 5.32 Å². The van der Waals surface area contributed by atoms with Crippen LogP contribution in [0.1, 0.15) is 31.9 Å². The van der Waals surface area contributed by atoms with Gasteiger partial charge >= 0.3 is 0 Å². The Balaban J connectivity index is 1.67. The van der Waals surface area contributed by atoms with Crippen LogP contribution in [0.4, 0.5) is 0 Å². The Morgan fingerprint density at radius 3 is 2.39 bits per heavy atom. The molecule has 2 aromatic carbocycles. The number of fused-ring (bicyclic) bond motifs is 1. The predicted molar refractivity (Wildman–Crippen MR) is 106 cm³/mol. The Bertz CT molecular complexity index is 925. The van der Waals surface area contributed by atoms with E-state index in [4.69, 9.17) is 9.47 Å². The Morgan fingerprint density at radius 1 is 1.04 bits per heavy atom. The Morgan fingerprint density at radius 2 is 1.71 bits per heavy atom. The topological polar surface area (TPSA) is 81.7 Å². The molecule has 0 spiro atoms. The average molecular weight is 404 g/mol. The van der Waals surface area contributed by atoms with Crippen LogP contribution in [0.3, 0.4) is 0 Å². The van der Waals surface area contributed by atoms with Crippen LogP contribution in [0, 0.1) is 5.92 Å². The van der Waals surface area contributed by atoms with Crippen molar-refractivity contribution < 1.29 is 22.7 Å². The third kappa shape index (κ3) is 4.84. The summed E-state index contributed by atoms with van der Waals surface area (Å²) in [5.74, 6) is 0.952. The normalized spacial score (nSPS) is 14.5. The van der Waals surface area contributed by atoms with E-state index in [0.29, 0.717) is 24.7 Å². The van der Waals surface area contributed by atoms with Gasteiger partial charge in [0.1, 0.15) is 13.2 Å². The van der Waals surface area contributed by atoms with E-state index in [9.17, 15) is 13.2 Å². The number of hydrogen-bond donors (Lipinski definition) is 1. The van der Waals surface area contributed by atoms with Gasteiger partial charge in [-0.2, -0.15) is 0 Å². The highest BCUT2D eigenvalue weighted by molar-refractivity contribution is 7.91. The molecule has 2 aromatic rings.